The Labute approximate surface area is 160 Å². The zero-order valence-corrected chi connectivity index (χ0v) is 17.5. The molecule has 2 atom stereocenters. The second-order valence-corrected chi connectivity index (χ2v) is 9.04. The summed E-state index contributed by atoms with van der Waals surface area (Å²) in [6, 6.07) is 0. The summed E-state index contributed by atoms with van der Waals surface area (Å²) in [4.78, 5) is 6.60. The molecule has 0 aromatic carbocycles. The van der Waals surface area contributed by atoms with E-state index in [0.717, 1.165) is 41.3 Å². The largest absolute Gasteiger partial charge is 0.440 e. The molecule has 2 aromatic rings. The summed E-state index contributed by atoms with van der Waals surface area (Å²) in [6.07, 6.45) is 6.73. The Kier molecular flexibility index (Phi) is 6.07. The zero-order valence-electron chi connectivity index (χ0n) is 16.7. The number of hydrogen-bond acceptors (Lipinski definition) is 6. The first-order valence-electron chi connectivity index (χ1n) is 9.52. The van der Waals surface area contributed by atoms with E-state index >= 15 is 0 Å². The van der Waals surface area contributed by atoms with E-state index in [-0.39, 0.29) is 0 Å². The minimum absolute atomic E-state index is 0.580. The summed E-state index contributed by atoms with van der Waals surface area (Å²) in [5.41, 5.74) is 1.42. The molecule has 3 rings (SSSR count). The fraction of sp³-hybridized carbons (Fsp3) is 0.737. The van der Waals surface area contributed by atoms with E-state index in [9.17, 15) is 0 Å². The lowest BCUT2D eigenvalue weighted by Crippen LogP contribution is -2.38. The van der Waals surface area contributed by atoms with E-state index in [0.29, 0.717) is 11.2 Å². The van der Waals surface area contributed by atoms with E-state index in [1.54, 1.807) is 11.8 Å². The number of rotatable bonds is 9. The summed E-state index contributed by atoms with van der Waals surface area (Å²) in [5, 5.41) is 9.49. The highest BCUT2D eigenvalue weighted by molar-refractivity contribution is 7.99. The van der Waals surface area contributed by atoms with Crippen LogP contribution in [0.3, 0.4) is 0 Å². The number of oxazole rings is 1. The molecule has 1 saturated carbocycles. The van der Waals surface area contributed by atoms with Crippen molar-refractivity contribution in [3.05, 3.63) is 12.1 Å². The van der Waals surface area contributed by atoms with Gasteiger partial charge in [0.2, 0.25) is 5.82 Å². The van der Waals surface area contributed by atoms with Gasteiger partial charge in [0.25, 0.3) is 0 Å². The minimum atomic E-state index is 0.580. The first-order valence-corrected chi connectivity index (χ1v) is 10.5. The van der Waals surface area contributed by atoms with Crippen LogP contribution < -0.4 is 0 Å². The van der Waals surface area contributed by atoms with Crippen LogP contribution in [0.2, 0.25) is 0 Å². The van der Waals surface area contributed by atoms with Gasteiger partial charge >= 0.3 is 0 Å². The molecule has 0 spiro atoms. The second-order valence-electron chi connectivity index (χ2n) is 7.98. The monoisotopic (exact) mass is 377 g/mol. The van der Waals surface area contributed by atoms with Gasteiger partial charge < -0.3 is 13.9 Å². The Balaban J connectivity index is 1.40. The van der Waals surface area contributed by atoms with Gasteiger partial charge in [-0.1, -0.05) is 25.6 Å². The highest BCUT2D eigenvalue weighted by Gasteiger charge is 2.38. The van der Waals surface area contributed by atoms with Crippen molar-refractivity contribution in [2.45, 2.75) is 51.6 Å². The van der Waals surface area contributed by atoms with Crippen molar-refractivity contribution >= 4 is 11.8 Å². The highest BCUT2D eigenvalue weighted by atomic mass is 32.2. The Morgan fingerprint density at radius 1 is 1.38 bits per heavy atom. The van der Waals surface area contributed by atoms with Gasteiger partial charge in [-0.15, -0.1) is 10.2 Å². The van der Waals surface area contributed by atoms with Crippen LogP contribution in [0.5, 0.6) is 0 Å². The third-order valence-corrected chi connectivity index (χ3v) is 7.21. The van der Waals surface area contributed by atoms with Crippen LogP contribution in [0.15, 0.2) is 16.0 Å². The molecule has 0 radical (unpaired) electrons. The van der Waals surface area contributed by atoms with Crippen molar-refractivity contribution in [1.29, 1.82) is 0 Å². The van der Waals surface area contributed by atoms with Gasteiger partial charge in [-0.25, -0.2) is 4.98 Å². The van der Waals surface area contributed by atoms with Crippen LogP contribution in [0.1, 0.15) is 45.2 Å². The first kappa shape index (κ1) is 19.4. The van der Waals surface area contributed by atoms with Gasteiger partial charge in [0, 0.05) is 12.8 Å². The number of thioether (sulfide) groups is 1. The summed E-state index contributed by atoms with van der Waals surface area (Å²) in [6.45, 7) is 9.09. The summed E-state index contributed by atoms with van der Waals surface area (Å²) in [5.74, 6) is 3.37. The molecule has 2 unspecified atom stereocenters. The molecule has 0 aliphatic heterocycles. The standard InChI is InChI=1S/C19H31N5OS/c1-14-7-8-19(14,3)9-11-23(4)10-6-12-26-18-22-21-17(24(18)5)16-15(2)20-13-25-16/h13-14H,6-12H2,1-5H3. The maximum absolute atomic E-state index is 5.43. The highest BCUT2D eigenvalue weighted by Crippen LogP contribution is 2.48. The average molecular weight is 378 g/mol. The third kappa shape index (κ3) is 4.14. The lowest BCUT2D eigenvalue weighted by molar-refractivity contribution is 0.0451. The average Bonchev–Trinajstić information content (AvgIpc) is 3.20. The van der Waals surface area contributed by atoms with Crippen molar-refractivity contribution in [2.75, 3.05) is 25.9 Å². The van der Waals surface area contributed by atoms with Crippen LogP contribution in [-0.4, -0.2) is 50.5 Å². The lowest BCUT2D eigenvalue weighted by Gasteiger charge is -2.46. The van der Waals surface area contributed by atoms with E-state index in [4.69, 9.17) is 4.42 Å². The molecule has 0 N–H and O–H groups in total. The fourth-order valence-electron chi connectivity index (χ4n) is 3.51. The van der Waals surface area contributed by atoms with E-state index in [2.05, 4.69) is 41.0 Å². The zero-order chi connectivity index (χ0) is 18.7. The van der Waals surface area contributed by atoms with E-state index in [1.165, 1.54) is 32.2 Å². The molecular formula is C19H31N5OS. The molecule has 26 heavy (non-hydrogen) atoms. The molecule has 0 amide bonds. The molecule has 0 bridgehead atoms. The van der Waals surface area contributed by atoms with Gasteiger partial charge in [-0.2, -0.15) is 0 Å². The number of hydrogen-bond donors (Lipinski definition) is 0. The fourth-order valence-corrected chi connectivity index (χ4v) is 4.34. The maximum Gasteiger partial charge on any atom is 0.202 e. The molecule has 1 aliphatic carbocycles. The number of nitrogens with zero attached hydrogens (tertiary/aromatic N) is 5. The molecule has 0 saturated heterocycles. The summed E-state index contributed by atoms with van der Waals surface area (Å²) in [7, 11) is 4.22. The maximum atomic E-state index is 5.43. The normalized spacial score (nSPS) is 22.8. The Morgan fingerprint density at radius 2 is 2.19 bits per heavy atom. The molecule has 1 aliphatic rings. The third-order valence-electron chi connectivity index (χ3n) is 6.10. The van der Waals surface area contributed by atoms with Gasteiger partial charge in [0.15, 0.2) is 17.3 Å². The molecular weight excluding hydrogens is 346 g/mol. The summed E-state index contributed by atoms with van der Waals surface area (Å²) >= 11 is 1.75. The Bertz CT molecular complexity index is 727. The predicted octanol–water partition coefficient (Wildman–Crippen LogP) is 4.02. The molecule has 1 fully saturated rings. The van der Waals surface area contributed by atoms with Crippen molar-refractivity contribution in [3.63, 3.8) is 0 Å². The molecule has 2 heterocycles. The number of aromatic nitrogens is 4. The van der Waals surface area contributed by atoms with Gasteiger partial charge in [0.05, 0.1) is 5.69 Å². The minimum Gasteiger partial charge on any atom is -0.440 e. The van der Waals surface area contributed by atoms with E-state index in [1.807, 2.05) is 18.5 Å². The second kappa shape index (κ2) is 8.13. The predicted molar refractivity (Wildman–Crippen MR) is 105 cm³/mol. The van der Waals surface area contributed by atoms with Crippen LogP contribution in [-0.2, 0) is 7.05 Å². The SMILES string of the molecule is Cc1ncoc1-c1nnc(SCCCN(C)CCC2(C)CCC2C)n1C. The molecule has 2 aromatic heterocycles. The first-order chi connectivity index (χ1) is 12.4. The molecule has 144 valence electrons. The van der Waals surface area contributed by atoms with Crippen molar-refractivity contribution < 1.29 is 4.42 Å². The van der Waals surface area contributed by atoms with E-state index < -0.39 is 0 Å². The van der Waals surface area contributed by atoms with Gasteiger partial charge in [-0.3, -0.25) is 0 Å². The van der Waals surface area contributed by atoms with Crippen molar-refractivity contribution in [1.82, 2.24) is 24.6 Å². The van der Waals surface area contributed by atoms with Crippen LogP contribution >= 0.6 is 11.8 Å². The Morgan fingerprint density at radius 3 is 2.81 bits per heavy atom. The van der Waals surface area contributed by atoms with Crippen LogP contribution in [0.25, 0.3) is 11.6 Å². The smallest absolute Gasteiger partial charge is 0.202 e. The van der Waals surface area contributed by atoms with Gasteiger partial charge in [-0.05, 0) is 64.1 Å². The van der Waals surface area contributed by atoms with Gasteiger partial charge in [0.1, 0.15) is 0 Å². The van der Waals surface area contributed by atoms with Crippen LogP contribution in [0.4, 0.5) is 0 Å². The lowest BCUT2D eigenvalue weighted by atomic mass is 9.60. The quantitative estimate of drug-likeness (QED) is 0.486. The summed E-state index contributed by atoms with van der Waals surface area (Å²) < 4.78 is 7.41. The van der Waals surface area contributed by atoms with Crippen LogP contribution in [0, 0.1) is 18.3 Å². The molecule has 7 heteroatoms. The Hall–Kier alpha value is -1.34. The molecule has 6 nitrogen and oxygen atoms in total. The number of aryl methyl sites for hydroxylation is 1. The van der Waals surface area contributed by atoms with Crippen molar-refractivity contribution in [3.8, 4) is 11.6 Å². The topological polar surface area (TPSA) is 60.0 Å². The van der Waals surface area contributed by atoms with Crippen molar-refractivity contribution in [2.24, 2.45) is 18.4 Å².